The SMILES string of the molecule is Cc1cccc2c(=O)n(CCCC(=O)N3CCC[C@@H]3c3ccncc3)cnc12. The standard InChI is InChI=1S/C22H24N4O2/c1-16-5-2-6-18-21(16)24-15-25(22(18)28)13-4-8-20(27)26-14-3-7-19(26)17-9-11-23-12-10-17/h2,5-6,9-12,15,19H,3-4,7-8,13-14H2,1H3/t19-/m1/s1. The van der Waals surface area contributed by atoms with E-state index in [0.29, 0.717) is 24.8 Å². The van der Waals surface area contributed by atoms with E-state index >= 15 is 0 Å². The second kappa shape index (κ2) is 7.92. The molecule has 3 aromatic rings. The largest absolute Gasteiger partial charge is 0.336 e. The van der Waals surface area contributed by atoms with E-state index in [1.807, 2.05) is 42.2 Å². The molecule has 6 heteroatoms. The van der Waals surface area contributed by atoms with Gasteiger partial charge in [-0.1, -0.05) is 12.1 Å². The lowest BCUT2D eigenvalue weighted by Gasteiger charge is -2.25. The Hall–Kier alpha value is -3.02. The van der Waals surface area contributed by atoms with Crippen LogP contribution in [-0.2, 0) is 11.3 Å². The molecule has 1 fully saturated rings. The van der Waals surface area contributed by atoms with Crippen molar-refractivity contribution in [3.05, 3.63) is 70.5 Å². The Labute approximate surface area is 163 Å². The molecule has 0 N–H and O–H groups in total. The van der Waals surface area contributed by atoms with E-state index in [1.165, 1.54) is 0 Å². The molecule has 0 aliphatic carbocycles. The number of rotatable bonds is 5. The maximum atomic E-state index is 12.8. The summed E-state index contributed by atoms with van der Waals surface area (Å²) in [6.45, 7) is 3.24. The number of fused-ring (bicyclic) bond motifs is 1. The van der Waals surface area contributed by atoms with Gasteiger partial charge in [0.25, 0.3) is 5.56 Å². The number of likely N-dealkylation sites (tertiary alicyclic amines) is 1. The molecule has 28 heavy (non-hydrogen) atoms. The summed E-state index contributed by atoms with van der Waals surface area (Å²) in [5.41, 5.74) is 2.84. The Balaban J connectivity index is 1.41. The van der Waals surface area contributed by atoms with Gasteiger partial charge in [0.05, 0.1) is 23.3 Å². The highest BCUT2D eigenvalue weighted by atomic mass is 16.2. The molecule has 1 amide bonds. The summed E-state index contributed by atoms with van der Waals surface area (Å²) >= 11 is 0. The third kappa shape index (κ3) is 3.54. The van der Waals surface area contributed by atoms with E-state index in [1.54, 1.807) is 23.3 Å². The number of para-hydroxylation sites is 1. The second-order valence-electron chi connectivity index (χ2n) is 7.34. The molecule has 0 spiro atoms. The Morgan fingerprint density at radius 3 is 2.86 bits per heavy atom. The smallest absolute Gasteiger partial charge is 0.261 e. The first kappa shape index (κ1) is 18.3. The molecule has 1 aliphatic heterocycles. The second-order valence-corrected chi connectivity index (χ2v) is 7.34. The summed E-state index contributed by atoms with van der Waals surface area (Å²) < 4.78 is 1.61. The first-order chi connectivity index (χ1) is 13.6. The number of aryl methyl sites for hydroxylation is 2. The van der Waals surface area contributed by atoms with Crippen LogP contribution in [-0.4, -0.2) is 31.9 Å². The van der Waals surface area contributed by atoms with Gasteiger partial charge in [-0.2, -0.15) is 0 Å². The summed E-state index contributed by atoms with van der Waals surface area (Å²) in [7, 11) is 0. The molecule has 4 rings (SSSR count). The number of amides is 1. The van der Waals surface area contributed by atoms with Gasteiger partial charge in [-0.25, -0.2) is 4.98 Å². The molecular weight excluding hydrogens is 352 g/mol. The highest BCUT2D eigenvalue weighted by Crippen LogP contribution is 2.32. The third-order valence-electron chi connectivity index (χ3n) is 5.51. The van der Waals surface area contributed by atoms with Crippen molar-refractivity contribution in [2.45, 2.75) is 45.2 Å². The van der Waals surface area contributed by atoms with Crippen LogP contribution in [0.15, 0.2) is 53.8 Å². The Kier molecular flexibility index (Phi) is 5.19. The highest BCUT2D eigenvalue weighted by Gasteiger charge is 2.29. The maximum Gasteiger partial charge on any atom is 0.261 e. The van der Waals surface area contributed by atoms with Crippen molar-refractivity contribution in [2.24, 2.45) is 0 Å². The molecule has 3 heterocycles. The zero-order valence-corrected chi connectivity index (χ0v) is 16.0. The van der Waals surface area contributed by atoms with Gasteiger partial charge >= 0.3 is 0 Å². The Morgan fingerprint density at radius 1 is 1.21 bits per heavy atom. The lowest BCUT2D eigenvalue weighted by Crippen LogP contribution is -2.31. The highest BCUT2D eigenvalue weighted by molar-refractivity contribution is 5.80. The number of benzene rings is 1. The van der Waals surface area contributed by atoms with Crippen LogP contribution in [0, 0.1) is 6.92 Å². The summed E-state index contributed by atoms with van der Waals surface area (Å²) in [6, 6.07) is 9.75. The van der Waals surface area contributed by atoms with Gasteiger partial charge in [-0.05, 0) is 55.5 Å². The predicted octanol–water partition coefficient (Wildman–Crippen LogP) is 3.24. The molecule has 1 aromatic carbocycles. The van der Waals surface area contributed by atoms with Crippen LogP contribution in [0.4, 0.5) is 0 Å². The topological polar surface area (TPSA) is 68.1 Å². The number of hydrogen-bond acceptors (Lipinski definition) is 4. The Morgan fingerprint density at radius 2 is 2.04 bits per heavy atom. The number of hydrogen-bond donors (Lipinski definition) is 0. The molecule has 0 bridgehead atoms. The van der Waals surface area contributed by atoms with Gasteiger partial charge in [0, 0.05) is 31.9 Å². The van der Waals surface area contributed by atoms with Crippen LogP contribution in [0.1, 0.15) is 42.9 Å². The first-order valence-corrected chi connectivity index (χ1v) is 9.79. The molecule has 6 nitrogen and oxygen atoms in total. The van der Waals surface area contributed by atoms with E-state index in [9.17, 15) is 9.59 Å². The number of nitrogens with zero attached hydrogens (tertiary/aromatic N) is 4. The predicted molar refractivity (Wildman–Crippen MR) is 108 cm³/mol. The van der Waals surface area contributed by atoms with Gasteiger partial charge in [0.15, 0.2) is 0 Å². The molecular formula is C22H24N4O2. The Bertz CT molecular complexity index is 1050. The van der Waals surface area contributed by atoms with Crippen molar-refractivity contribution in [3.8, 4) is 0 Å². The van der Waals surface area contributed by atoms with Crippen LogP contribution in [0.3, 0.4) is 0 Å². The monoisotopic (exact) mass is 376 g/mol. The molecule has 144 valence electrons. The zero-order chi connectivity index (χ0) is 19.5. The summed E-state index contributed by atoms with van der Waals surface area (Å²) in [5.74, 6) is 0.150. The molecule has 1 atom stereocenters. The molecule has 1 saturated heterocycles. The van der Waals surface area contributed by atoms with E-state index in [0.717, 1.165) is 36.0 Å². The fourth-order valence-corrected chi connectivity index (χ4v) is 4.04. The summed E-state index contributed by atoms with van der Waals surface area (Å²) in [4.78, 5) is 35.9. The van der Waals surface area contributed by atoms with Gasteiger partial charge < -0.3 is 4.90 Å². The number of carbonyl (C=O) groups excluding carboxylic acids is 1. The lowest BCUT2D eigenvalue weighted by molar-refractivity contribution is -0.132. The number of carbonyl (C=O) groups is 1. The van der Waals surface area contributed by atoms with Crippen LogP contribution in [0.2, 0.25) is 0 Å². The molecule has 0 unspecified atom stereocenters. The van der Waals surface area contributed by atoms with Crippen molar-refractivity contribution in [3.63, 3.8) is 0 Å². The van der Waals surface area contributed by atoms with E-state index in [-0.39, 0.29) is 17.5 Å². The minimum absolute atomic E-state index is 0.0445. The van der Waals surface area contributed by atoms with Crippen LogP contribution < -0.4 is 5.56 Å². The van der Waals surface area contributed by atoms with Crippen LogP contribution >= 0.6 is 0 Å². The van der Waals surface area contributed by atoms with Gasteiger partial charge in [-0.15, -0.1) is 0 Å². The van der Waals surface area contributed by atoms with Crippen LogP contribution in [0.5, 0.6) is 0 Å². The normalized spacial score (nSPS) is 16.6. The molecule has 0 saturated carbocycles. The zero-order valence-electron chi connectivity index (χ0n) is 16.0. The van der Waals surface area contributed by atoms with Crippen LogP contribution in [0.25, 0.3) is 10.9 Å². The average Bonchev–Trinajstić information content (AvgIpc) is 3.21. The van der Waals surface area contributed by atoms with Gasteiger partial charge in [-0.3, -0.25) is 19.1 Å². The minimum atomic E-state index is -0.0445. The first-order valence-electron chi connectivity index (χ1n) is 9.79. The summed E-state index contributed by atoms with van der Waals surface area (Å²) in [5, 5.41) is 0.631. The lowest BCUT2D eigenvalue weighted by atomic mass is 10.1. The van der Waals surface area contributed by atoms with Crippen molar-refractivity contribution < 1.29 is 4.79 Å². The van der Waals surface area contributed by atoms with E-state index < -0.39 is 0 Å². The minimum Gasteiger partial charge on any atom is -0.336 e. The summed E-state index contributed by atoms with van der Waals surface area (Å²) in [6.07, 6.45) is 8.21. The maximum absolute atomic E-state index is 12.8. The fourth-order valence-electron chi connectivity index (χ4n) is 4.04. The average molecular weight is 376 g/mol. The molecule has 2 aromatic heterocycles. The fraction of sp³-hybridized carbons (Fsp3) is 0.364. The molecule has 0 radical (unpaired) electrons. The van der Waals surface area contributed by atoms with Gasteiger partial charge in [0.2, 0.25) is 5.91 Å². The van der Waals surface area contributed by atoms with Gasteiger partial charge in [0.1, 0.15) is 0 Å². The van der Waals surface area contributed by atoms with Crippen molar-refractivity contribution in [1.29, 1.82) is 0 Å². The number of aromatic nitrogens is 3. The quantitative estimate of drug-likeness (QED) is 0.685. The van der Waals surface area contributed by atoms with Crippen molar-refractivity contribution >= 4 is 16.8 Å². The molecule has 1 aliphatic rings. The van der Waals surface area contributed by atoms with Crippen molar-refractivity contribution in [2.75, 3.05) is 6.54 Å². The van der Waals surface area contributed by atoms with Crippen molar-refractivity contribution in [1.82, 2.24) is 19.4 Å². The van der Waals surface area contributed by atoms with E-state index in [4.69, 9.17) is 0 Å². The number of pyridine rings is 1. The van der Waals surface area contributed by atoms with E-state index in [2.05, 4.69) is 9.97 Å². The third-order valence-corrected chi connectivity index (χ3v) is 5.51.